The molecule has 0 fully saturated rings. The van der Waals surface area contributed by atoms with Gasteiger partial charge in [-0.15, -0.1) is 6.58 Å². The van der Waals surface area contributed by atoms with Crippen molar-refractivity contribution < 1.29 is 14.7 Å². The Morgan fingerprint density at radius 2 is 2.22 bits per heavy atom. The standard InChI is InChI=1S/C12H13ClN2O3/c1-2-3-10(14)11(16)15-7-4-5-9(13)8(6-7)12(17)18/h2,4-6,10H,1,3,14H2,(H,15,16)(H,17,18). The maximum Gasteiger partial charge on any atom is 0.337 e. The number of anilines is 1. The third-order valence-electron chi connectivity index (χ3n) is 2.22. The van der Waals surface area contributed by atoms with Crippen molar-refractivity contribution in [3.8, 4) is 0 Å². The minimum Gasteiger partial charge on any atom is -0.478 e. The molecular formula is C12H13ClN2O3. The molecule has 1 atom stereocenters. The molecule has 0 saturated carbocycles. The second-order valence-electron chi connectivity index (χ2n) is 3.62. The van der Waals surface area contributed by atoms with Gasteiger partial charge in [-0.05, 0) is 24.6 Å². The summed E-state index contributed by atoms with van der Waals surface area (Å²) in [6.07, 6.45) is 1.87. The first-order chi connectivity index (χ1) is 8.45. The van der Waals surface area contributed by atoms with Gasteiger partial charge in [0.1, 0.15) is 0 Å². The molecule has 0 aliphatic carbocycles. The predicted octanol–water partition coefficient (Wildman–Crippen LogP) is 1.88. The first-order valence-corrected chi connectivity index (χ1v) is 5.53. The number of carbonyl (C=O) groups is 2. The molecule has 1 rings (SSSR count). The molecule has 0 aromatic heterocycles. The van der Waals surface area contributed by atoms with Crippen LogP contribution in [0.1, 0.15) is 16.8 Å². The van der Waals surface area contributed by atoms with Gasteiger partial charge in [-0.3, -0.25) is 4.79 Å². The van der Waals surface area contributed by atoms with E-state index in [-0.39, 0.29) is 10.6 Å². The van der Waals surface area contributed by atoms with Gasteiger partial charge in [-0.1, -0.05) is 17.7 Å². The molecule has 5 nitrogen and oxygen atoms in total. The van der Waals surface area contributed by atoms with Crippen LogP contribution in [0.15, 0.2) is 30.9 Å². The largest absolute Gasteiger partial charge is 0.478 e. The van der Waals surface area contributed by atoms with Crippen LogP contribution in [-0.4, -0.2) is 23.0 Å². The molecule has 96 valence electrons. The summed E-state index contributed by atoms with van der Waals surface area (Å²) in [5, 5.41) is 11.5. The average Bonchev–Trinajstić information content (AvgIpc) is 2.31. The summed E-state index contributed by atoms with van der Waals surface area (Å²) in [5.41, 5.74) is 5.84. The first-order valence-electron chi connectivity index (χ1n) is 5.16. The quantitative estimate of drug-likeness (QED) is 0.711. The van der Waals surface area contributed by atoms with E-state index in [1.54, 1.807) is 0 Å². The fraction of sp³-hybridized carbons (Fsp3) is 0.167. The molecule has 6 heteroatoms. The smallest absolute Gasteiger partial charge is 0.337 e. The lowest BCUT2D eigenvalue weighted by Gasteiger charge is -2.11. The van der Waals surface area contributed by atoms with E-state index in [2.05, 4.69) is 11.9 Å². The molecule has 0 aliphatic rings. The molecule has 0 heterocycles. The molecule has 1 amide bonds. The number of nitrogens with one attached hydrogen (secondary N) is 1. The van der Waals surface area contributed by atoms with Crippen LogP contribution in [0.25, 0.3) is 0 Å². The summed E-state index contributed by atoms with van der Waals surface area (Å²) in [6.45, 7) is 3.48. The number of aromatic carboxylic acids is 1. The minimum atomic E-state index is -1.16. The van der Waals surface area contributed by atoms with Gasteiger partial charge in [0.15, 0.2) is 0 Å². The van der Waals surface area contributed by atoms with Crippen LogP contribution < -0.4 is 11.1 Å². The number of hydrogen-bond donors (Lipinski definition) is 3. The Morgan fingerprint density at radius 1 is 1.56 bits per heavy atom. The number of hydrogen-bond acceptors (Lipinski definition) is 3. The van der Waals surface area contributed by atoms with E-state index in [0.29, 0.717) is 12.1 Å². The van der Waals surface area contributed by atoms with Crippen molar-refractivity contribution >= 4 is 29.2 Å². The first kappa shape index (κ1) is 14.2. The zero-order chi connectivity index (χ0) is 13.7. The van der Waals surface area contributed by atoms with Crippen molar-refractivity contribution in [3.05, 3.63) is 41.4 Å². The lowest BCUT2D eigenvalue weighted by atomic mass is 10.1. The third-order valence-corrected chi connectivity index (χ3v) is 2.55. The van der Waals surface area contributed by atoms with Crippen molar-refractivity contribution in [2.24, 2.45) is 5.73 Å². The Labute approximate surface area is 109 Å². The zero-order valence-corrected chi connectivity index (χ0v) is 10.3. The number of carboxylic acid groups (broad SMARTS) is 1. The third kappa shape index (κ3) is 3.58. The molecule has 1 aromatic rings. The SMILES string of the molecule is C=CCC(N)C(=O)Nc1ccc(Cl)c(C(=O)O)c1. The van der Waals surface area contributed by atoms with Gasteiger partial charge in [0.25, 0.3) is 0 Å². The van der Waals surface area contributed by atoms with E-state index in [4.69, 9.17) is 22.4 Å². The minimum absolute atomic E-state index is 0.0771. The van der Waals surface area contributed by atoms with E-state index < -0.39 is 17.9 Å². The highest BCUT2D eigenvalue weighted by molar-refractivity contribution is 6.33. The lowest BCUT2D eigenvalue weighted by molar-refractivity contribution is -0.117. The summed E-state index contributed by atoms with van der Waals surface area (Å²) in [5.74, 6) is -1.57. The van der Waals surface area contributed by atoms with Gasteiger partial charge in [-0.2, -0.15) is 0 Å². The highest BCUT2D eigenvalue weighted by Crippen LogP contribution is 2.20. The highest BCUT2D eigenvalue weighted by Gasteiger charge is 2.14. The van der Waals surface area contributed by atoms with E-state index in [0.717, 1.165) is 0 Å². The Hall–Kier alpha value is -1.85. The van der Waals surface area contributed by atoms with Gasteiger partial charge >= 0.3 is 5.97 Å². The number of amides is 1. The Morgan fingerprint density at radius 3 is 2.78 bits per heavy atom. The van der Waals surface area contributed by atoms with E-state index in [1.807, 2.05) is 0 Å². The highest BCUT2D eigenvalue weighted by atomic mass is 35.5. The van der Waals surface area contributed by atoms with Crippen molar-refractivity contribution in [1.82, 2.24) is 0 Å². The average molecular weight is 269 g/mol. The van der Waals surface area contributed by atoms with Crippen LogP contribution in [-0.2, 0) is 4.79 Å². The summed E-state index contributed by atoms with van der Waals surface area (Å²) in [4.78, 5) is 22.5. The van der Waals surface area contributed by atoms with Crippen LogP contribution in [0.3, 0.4) is 0 Å². The van der Waals surface area contributed by atoms with Crippen LogP contribution in [0.4, 0.5) is 5.69 Å². The lowest BCUT2D eigenvalue weighted by Crippen LogP contribution is -2.35. The van der Waals surface area contributed by atoms with Crippen molar-refractivity contribution in [2.75, 3.05) is 5.32 Å². The number of nitrogens with two attached hydrogens (primary N) is 1. The second-order valence-corrected chi connectivity index (χ2v) is 4.03. The van der Waals surface area contributed by atoms with Crippen molar-refractivity contribution in [2.45, 2.75) is 12.5 Å². The van der Waals surface area contributed by atoms with Crippen LogP contribution >= 0.6 is 11.6 Å². The molecule has 0 radical (unpaired) electrons. The van der Waals surface area contributed by atoms with E-state index in [1.165, 1.54) is 24.3 Å². The van der Waals surface area contributed by atoms with Gasteiger partial charge < -0.3 is 16.2 Å². The van der Waals surface area contributed by atoms with Crippen LogP contribution in [0.5, 0.6) is 0 Å². The van der Waals surface area contributed by atoms with E-state index in [9.17, 15) is 9.59 Å². The summed E-state index contributed by atoms with van der Waals surface area (Å²) < 4.78 is 0. The Kier molecular flexibility index (Phi) is 4.88. The summed E-state index contributed by atoms with van der Waals surface area (Å²) in [7, 11) is 0. The number of carboxylic acids is 1. The molecule has 0 bridgehead atoms. The maximum atomic E-state index is 11.6. The topological polar surface area (TPSA) is 92.4 Å². The molecule has 18 heavy (non-hydrogen) atoms. The second kappa shape index (κ2) is 6.18. The fourth-order valence-electron chi connectivity index (χ4n) is 1.29. The maximum absolute atomic E-state index is 11.6. The number of carbonyl (C=O) groups excluding carboxylic acids is 1. The van der Waals surface area contributed by atoms with Crippen LogP contribution in [0, 0.1) is 0 Å². The number of halogens is 1. The van der Waals surface area contributed by atoms with Gasteiger partial charge in [-0.25, -0.2) is 4.79 Å². The zero-order valence-electron chi connectivity index (χ0n) is 9.52. The fourth-order valence-corrected chi connectivity index (χ4v) is 1.49. The van der Waals surface area contributed by atoms with E-state index >= 15 is 0 Å². The predicted molar refractivity (Wildman–Crippen MR) is 69.8 cm³/mol. The van der Waals surface area contributed by atoms with Crippen molar-refractivity contribution in [1.29, 1.82) is 0 Å². The Balaban J connectivity index is 2.85. The molecule has 4 N–H and O–H groups in total. The number of benzene rings is 1. The van der Waals surface area contributed by atoms with Crippen LogP contribution in [0.2, 0.25) is 5.02 Å². The molecule has 0 spiro atoms. The normalized spacial score (nSPS) is 11.7. The monoisotopic (exact) mass is 268 g/mol. The molecule has 1 unspecified atom stereocenters. The summed E-state index contributed by atoms with van der Waals surface area (Å²) >= 11 is 5.71. The van der Waals surface area contributed by atoms with Gasteiger partial charge in [0, 0.05) is 5.69 Å². The molecular weight excluding hydrogens is 256 g/mol. The molecule has 0 saturated heterocycles. The van der Waals surface area contributed by atoms with Gasteiger partial charge in [0.2, 0.25) is 5.91 Å². The van der Waals surface area contributed by atoms with Crippen molar-refractivity contribution in [3.63, 3.8) is 0 Å². The molecule has 1 aromatic carbocycles. The molecule has 0 aliphatic heterocycles. The summed E-state index contributed by atoms with van der Waals surface area (Å²) in [6, 6.07) is 3.47. The van der Waals surface area contributed by atoms with Gasteiger partial charge in [0.05, 0.1) is 16.6 Å². The Bertz CT molecular complexity index is 488. The number of rotatable bonds is 5.